The van der Waals surface area contributed by atoms with Gasteiger partial charge in [0, 0.05) is 31.1 Å². The molecule has 0 spiro atoms. The average Bonchev–Trinajstić information content (AvgIpc) is 3.21. The lowest BCUT2D eigenvalue weighted by Crippen LogP contribution is -2.39. The van der Waals surface area contributed by atoms with E-state index in [2.05, 4.69) is 23.8 Å². The van der Waals surface area contributed by atoms with Gasteiger partial charge in [-0.3, -0.25) is 4.79 Å². The van der Waals surface area contributed by atoms with Crippen LogP contribution in [0.3, 0.4) is 0 Å². The maximum absolute atomic E-state index is 12.5. The molecule has 2 aliphatic rings. The second kappa shape index (κ2) is 5.50. The molecule has 5 heteroatoms. The van der Waals surface area contributed by atoms with E-state index in [9.17, 15) is 4.79 Å². The number of carbonyl (C=O) groups is 1. The van der Waals surface area contributed by atoms with Gasteiger partial charge in [-0.2, -0.15) is 0 Å². The third kappa shape index (κ3) is 2.48. The van der Waals surface area contributed by atoms with Crippen molar-refractivity contribution in [3.8, 4) is 11.5 Å². The SMILES string of the molecule is CC1c2cccn2CCN1C(=O)C=Cc1ccc2c(c1)OCO2. The smallest absolute Gasteiger partial charge is 0.247 e. The van der Waals surface area contributed by atoms with Crippen molar-refractivity contribution in [2.45, 2.75) is 19.5 Å². The molecular formula is C18H18N2O3. The first kappa shape index (κ1) is 13.9. The van der Waals surface area contributed by atoms with Crippen molar-refractivity contribution in [1.82, 2.24) is 9.47 Å². The third-order valence-corrected chi connectivity index (χ3v) is 4.44. The molecule has 1 amide bonds. The lowest BCUT2D eigenvalue weighted by Gasteiger charge is -2.34. The summed E-state index contributed by atoms with van der Waals surface area (Å²) in [5.41, 5.74) is 2.11. The van der Waals surface area contributed by atoms with Gasteiger partial charge < -0.3 is 18.9 Å². The molecule has 1 aromatic heterocycles. The van der Waals surface area contributed by atoms with Crippen LogP contribution in [-0.4, -0.2) is 28.7 Å². The lowest BCUT2D eigenvalue weighted by molar-refractivity contribution is -0.129. The van der Waals surface area contributed by atoms with Crippen LogP contribution in [0, 0.1) is 0 Å². The summed E-state index contributed by atoms with van der Waals surface area (Å²) in [7, 11) is 0. The molecule has 0 fully saturated rings. The van der Waals surface area contributed by atoms with Crippen LogP contribution in [0.5, 0.6) is 11.5 Å². The number of carbonyl (C=O) groups excluding carboxylic acids is 1. The third-order valence-electron chi connectivity index (χ3n) is 4.44. The number of aromatic nitrogens is 1. The first-order chi connectivity index (χ1) is 11.2. The molecule has 5 nitrogen and oxygen atoms in total. The van der Waals surface area contributed by atoms with Crippen molar-refractivity contribution >= 4 is 12.0 Å². The molecule has 1 atom stereocenters. The number of amides is 1. The monoisotopic (exact) mass is 310 g/mol. The van der Waals surface area contributed by atoms with Gasteiger partial charge in [-0.15, -0.1) is 0 Å². The van der Waals surface area contributed by atoms with E-state index >= 15 is 0 Å². The fourth-order valence-electron chi connectivity index (χ4n) is 3.16. The highest BCUT2D eigenvalue weighted by Crippen LogP contribution is 2.33. The maximum Gasteiger partial charge on any atom is 0.247 e. The predicted octanol–water partition coefficient (Wildman–Crippen LogP) is 2.83. The van der Waals surface area contributed by atoms with E-state index in [0.717, 1.165) is 30.2 Å². The van der Waals surface area contributed by atoms with Crippen LogP contribution in [0.15, 0.2) is 42.6 Å². The molecule has 3 heterocycles. The maximum atomic E-state index is 12.5. The highest BCUT2D eigenvalue weighted by Gasteiger charge is 2.25. The molecule has 0 saturated carbocycles. The molecular weight excluding hydrogens is 292 g/mol. The molecule has 0 N–H and O–H groups in total. The highest BCUT2D eigenvalue weighted by molar-refractivity contribution is 5.92. The van der Waals surface area contributed by atoms with Crippen LogP contribution in [0.2, 0.25) is 0 Å². The molecule has 0 saturated heterocycles. The average molecular weight is 310 g/mol. The van der Waals surface area contributed by atoms with Crippen molar-refractivity contribution in [3.63, 3.8) is 0 Å². The van der Waals surface area contributed by atoms with Gasteiger partial charge in [-0.25, -0.2) is 0 Å². The Morgan fingerprint density at radius 3 is 3.00 bits per heavy atom. The minimum Gasteiger partial charge on any atom is -0.454 e. The zero-order chi connectivity index (χ0) is 15.8. The van der Waals surface area contributed by atoms with E-state index in [0.29, 0.717) is 0 Å². The van der Waals surface area contributed by atoms with E-state index in [-0.39, 0.29) is 18.7 Å². The topological polar surface area (TPSA) is 43.7 Å². The van der Waals surface area contributed by atoms with Gasteiger partial charge >= 0.3 is 0 Å². The Labute approximate surface area is 134 Å². The normalized spacial score (nSPS) is 19.2. The number of hydrogen-bond donors (Lipinski definition) is 0. The van der Waals surface area contributed by atoms with E-state index < -0.39 is 0 Å². The van der Waals surface area contributed by atoms with Crippen molar-refractivity contribution in [1.29, 1.82) is 0 Å². The van der Waals surface area contributed by atoms with Crippen molar-refractivity contribution in [2.24, 2.45) is 0 Å². The Kier molecular flexibility index (Phi) is 3.33. The molecule has 0 bridgehead atoms. The number of benzene rings is 1. The number of hydrogen-bond acceptors (Lipinski definition) is 3. The molecule has 2 aliphatic heterocycles. The van der Waals surface area contributed by atoms with Gasteiger partial charge in [0.2, 0.25) is 12.7 Å². The summed E-state index contributed by atoms with van der Waals surface area (Å²) in [6, 6.07) is 9.86. The molecule has 1 unspecified atom stereocenters. The highest BCUT2D eigenvalue weighted by atomic mass is 16.7. The second-order valence-corrected chi connectivity index (χ2v) is 5.78. The van der Waals surface area contributed by atoms with Crippen LogP contribution >= 0.6 is 0 Å². The summed E-state index contributed by atoms with van der Waals surface area (Å²) in [6.07, 6.45) is 5.52. The minimum absolute atomic E-state index is 0.0302. The summed E-state index contributed by atoms with van der Waals surface area (Å²) in [4.78, 5) is 14.4. The fourth-order valence-corrected chi connectivity index (χ4v) is 3.16. The van der Waals surface area contributed by atoms with E-state index in [4.69, 9.17) is 9.47 Å². The van der Waals surface area contributed by atoms with Gasteiger partial charge in [-0.05, 0) is 42.8 Å². The molecule has 0 radical (unpaired) electrons. The molecule has 1 aromatic carbocycles. The van der Waals surface area contributed by atoms with Crippen LogP contribution in [0.4, 0.5) is 0 Å². The fraction of sp³-hybridized carbons (Fsp3) is 0.278. The number of fused-ring (bicyclic) bond motifs is 2. The molecule has 4 rings (SSSR count). The Morgan fingerprint density at radius 1 is 1.22 bits per heavy atom. The summed E-state index contributed by atoms with van der Waals surface area (Å²) in [6.45, 7) is 3.90. The van der Waals surface area contributed by atoms with Crippen LogP contribution < -0.4 is 9.47 Å². The number of nitrogens with zero attached hydrogens (tertiary/aromatic N) is 2. The largest absolute Gasteiger partial charge is 0.454 e. The van der Waals surface area contributed by atoms with E-state index in [1.165, 1.54) is 5.69 Å². The van der Waals surface area contributed by atoms with Crippen LogP contribution in [0.25, 0.3) is 6.08 Å². The summed E-state index contributed by atoms with van der Waals surface area (Å²) in [5.74, 6) is 1.50. The van der Waals surface area contributed by atoms with Gasteiger partial charge in [0.15, 0.2) is 11.5 Å². The molecule has 118 valence electrons. The van der Waals surface area contributed by atoms with Gasteiger partial charge in [0.05, 0.1) is 6.04 Å². The molecule has 23 heavy (non-hydrogen) atoms. The van der Waals surface area contributed by atoms with Crippen molar-refractivity contribution < 1.29 is 14.3 Å². The van der Waals surface area contributed by atoms with Gasteiger partial charge in [0.1, 0.15) is 0 Å². The van der Waals surface area contributed by atoms with E-state index in [1.807, 2.05) is 35.2 Å². The van der Waals surface area contributed by atoms with Crippen LogP contribution in [0.1, 0.15) is 24.2 Å². The summed E-state index contributed by atoms with van der Waals surface area (Å²) in [5, 5.41) is 0. The second-order valence-electron chi connectivity index (χ2n) is 5.78. The zero-order valence-electron chi connectivity index (χ0n) is 12.9. The first-order valence-corrected chi connectivity index (χ1v) is 7.76. The van der Waals surface area contributed by atoms with Crippen LogP contribution in [-0.2, 0) is 11.3 Å². The Balaban J connectivity index is 1.50. The van der Waals surface area contributed by atoms with Crippen molar-refractivity contribution in [2.75, 3.05) is 13.3 Å². The molecule has 0 aliphatic carbocycles. The number of rotatable bonds is 2. The van der Waals surface area contributed by atoms with Gasteiger partial charge in [0.25, 0.3) is 0 Å². The van der Waals surface area contributed by atoms with Crippen molar-refractivity contribution in [3.05, 3.63) is 53.9 Å². The standard InChI is InChI=1S/C18H18N2O3/c1-13-15-3-2-8-19(15)9-10-20(13)18(21)7-5-14-4-6-16-17(11-14)23-12-22-16/h2-8,11,13H,9-10,12H2,1H3. The van der Waals surface area contributed by atoms with Gasteiger partial charge in [-0.1, -0.05) is 6.07 Å². The number of ether oxygens (including phenoxy) is 2. The quantitative estimate of drug-likeness (QED) is 0.801. The first-order valence-electron chi connectivity index (χ1n) is 7.76. The summed E-state index contributed by atoms with van der Waals surface area (Å²) >= 11 is 0. The zero-order valence-corrected chi connectivity index (χ0v) is 12.9. The Bertz CT molecular complexity index is 778. The minimum atomic E-state index is 0.0302. The van der Waals surface area contributed by atoms with E-state index in [1.54, 1.807) is 6.08 Å². The lowest BCUT2D eigenvalue weighted by atomic mass is 10.1. The Hall–Kier alpha value is -2.69. The summed E-state index contributed by atoms with van der Waals surface area (Å²) < 4.78 is 12.8. The Morgan fingerprint density at radius 2 is 2.09 bits per heavy atom. The predicted molar refractivity (Wildman–Crippen MR) is 86.2 cm³/mol. The molecule has 2 aromatic rings.